The van der Waals surface area contributed by atoms with E-state index < -0.39 is 12.5 Å². The van der Waals surface area contributed by atoms with Gasteiger partial charge in [-0.15, -0.1) is 13.2 Å². The maximum absolute atomic E-state index is 12.1. The molecule has 0 spiro atoms. The lowest BCUT2D eigenvalue weighted by molar-refractivity contribution is -0.274. The monoisotopic (exact) mass is 292 g/mol. The zero-order chi connectivity index (χ0) is 14.0. The second-order valence-electron chi connectivity index (χ2n) is 3.31. The van der Waals surface area contributed by atoms with Crippen LogP contribution in [0.1, 0.15) is 0 Å². The van der Waals surface area contributed by atoms with Gasteiger partial charge in [-0.2, -0.15) is 0 Å². The number of halogens is 3. The Balaban J connectivity index is 2.26. The van der Waals surface area contributed by atoms with Gasteiger partial charge >= 0.3 is 12.5 Å². The maximum atomic E-state index is 12.1. The molecule has 2 rings (SSSR count). The summed E-state index contributed by atoms with van der Waals surface area (Å²) in [6.07, 6.45) is -5.46. The first-order chi connectivity index (χ1) is 8.87. The second-order valence-corrected chi connectivity index (χ2v) is 4.34. The number of thiazole rings is 1. The van der Waals surface area contributed by atoms with Gasteiger partial charge in [0.25, 0.3) is 0 Å². The highest BCUT2D eigenvalue weighted by Crippen LogP contribution is 2.31. The predicted molar refractivity (Wildman–Crippen MR) is 62.3 cm³/mol. The number of amides is 1. The smallest absolute Gasteiger partial charge is 0.453 e. The van der Waals surface area contributed by atoms with Crippen molar-refractivity contribution in [2.45, 2.75) is 6.36 Å². The lowest BCUT2D eigenvalue weighted by Gasteiger charge is -2.07. The van der Waals surface area contributed by atoms with E-state index in [0.717, 1.165) is 17.4 Å². The van der Waals surface area contributed by atoms with Gasteiger partial charge in [0.1, 0.15) is 5.75 Å². The number of aromatic nitrogens is 1. The summed E-state index contributed by atoms with van der Waals surface area (Å²) in [5.41, 5.74) is 0.290. The fourth-order valence-corrected chi connectivity index (χ4v) is 2.13. The summed E-state index contributed by atoms with van der Waals surface area (Å²) in [5, 5.41) is 2.56. The van der Waals surface area contributed by atoms with E-state index in [1.165, 1.54) is 19.2 Å². The Kier molecular flexibility index (Phi) is 3.47. The first kappa shape index (κ1) is 13.4. The zero-order valence-corrected chi connectivity index (χ0v) is 10.3. The molecule has 0 fully saturated rings. The normalized spacial score (nSPS) is 11.4. The van der Waals surface area contributed by atoms with Gasteiger partial charge in [0, 0.05) is 6.07 Å². The summed E-state index contributed by atoms with van der Waals surface area (Å²) >= 11 is 1.11. The molecule has 0 aliphatic rings. The first-order valence-corrected chi connectivity index (χ1v) is 5.70. The Hall–Kier alpha value is -2.03. The summed E-state index contributed by atoms with van der Waals surface area (Å²) < 4.78 is 44.9. The molecule has 0 aliphatic heterocycles. The Morgan fingerprint density at radius 3 is 2.79 bits per heavy atom. The zero-order valence-electron chi connectivity index (χ0n) is 9.45. The number of nitrogens with one attached hydrogen (secondary N) is 1. The molecule has 0 atom stereocenters. The summed E-state index contributed by atoms with van der Waals surface area (Å²) in [6, 6.07) is 3.74. The van der Waals surface area contributed by atoms with Crippen LogP contribution in [0.2, 0.25) is 0 Å². The lowest BCUT2D eigenvalue weighted by Crippen LogP contribution is -2.16. The van der Waals surface area contributed by atoms with Crippen LogP contribution in [0.15, 0.2) is 18.2 Å². The molecule has 1 heterocycles. The number of ether oxygens (including phenoxy) is 2. The number of carbonyl (C=O) groups is 1. The van der Waals surface area contributed by atoms with Gasteiger partial charge in [-0.3, -0.25) is 5.32 Å². The molecule has 9 heteroatoms. The number of nitrogens with zero attached hydrogens (tertiary/aromatic N) is 1. The molecule has 0 saturated heterocycles. The van der Waals surface area contributed by atoms with Gasteiger partial charge in [-0.05, 0) is 12.1 Å². The van der Waals surface area contributed by atoms with Crippen LogP contribution in [0.25, 0.3) is 10.2 Å². The topological polar surface area (TPSA) is 60.5 Å². The fourth-order valence-electron chi connectivity index (χ4n) is 1.30. The molecule has 0 saturated carbocycles. The number of fused-ring (bicyclic) bond motifs is 1. The summed E-state index contributed by atoms with van der Waals surface area (Å²) in [4.78, 5) is 14.9. The average molecular weight is 292 g/mol. The molecule has 19 heavy (non-hydrogen) atoms. The molecule has 1 aromatic carbocycles. The van der Waals surface area contributed by atoms with E-state index in [1.54, 1.807) is 0 Å². The lowest BCUT2D eigenvalue weighted by atomic mass is 10.3. The van der Waals surface area contributed by atoms with Crippen LogP contribution >= 0.6 is 11.3 Å². The Bertz CT molecular complexity index is 612. The van der Waals surface area contributed by atoms with Gasteiger partial charge in [0.15, 0.2) is 5.13 Å². The molecular formula is C10H7F3N2O3S. The molecule has 102 valence electrons. The Morgan fingerprint density at radius 2 is 2.16 bits per heavy atom. The maximum Gasteiger partial charge on any atom is 0.573 e. The largest absolute Gasteiger partial charge is 0.573 e. The van der Waals surface area contributed by atoms with Crippen molar-refractivity contribution in [2.24, 2.45) is 0 Å². The summed E-state index contributed by atoms with van der Waals surface area (Å²) in [5.74, 6) is -0.366. The van der Waals surface area contributed by atoms with E-state index in [2.05, 4.69) is 19.8 Å². The van der Waals surface area contributed by atoms with Gasteiger partial charge in [0.05, 0.1) is 17.3 Å². The number of methoxy groups -OCH3 is 1. The fraction of sp³-hybridized carbons (Fsp3) is 0.200. The van der Waals surface area contributed by atoms with Gasteiger partial charge in [-0.25, -0.2) is 9.78 Å². The third kappa shape index (κ3) is 3.47. The molecule has 1 amide bonds. The van der Waals surface area contributed by atoms with Crippen molar-refractivity contribution in [3.8, 4) is 5.75 Å². The van der Waals surface area contributed by atoms with Crippen LogP contribution in [-0.2, 0) is 4.74 Å². The second kappa shape index (κ2) is 4.92. The average Bonchev–Trinajstić information content (AvgIpc) is 2.68. The molecule has 2 aromatic rings. The number of anilines is 1. The SMILES string of the molecule is COC(=O)Nc1nc2cc(OC(F)(F)F)ccc2s1. The highest BCUT2D eigenvalue weighted by atomic mass is 32.1. The van der Waals surface area contributed by atoms with E-state index in [-0.39, 0.29) is 16.4 Å². The molecule has 0 aliphatic carbocycles. The van der Waals surface area contributed by atoms with Crippen LogP contribution in [0, 0.1) is 0 Å². The van der Waals surface area contributed by atoms with E-state index in [4.69, 9.17) is 0 Å². The van der Waals surface area contributed by atoms with Crippen LogP contribution in [-0.4, -0.2) is 24.5 Å². The minimum absolute atomic E-state index is 0.228. The van der Waals surface area contributed by atoms with Crippen molar-refractivity contribution in [2.75, 3.05) is 12.4 Å². The Labute approximate surface area is 109 Å². The molecular weight excluding hydrogens is 285 g/mol. The van der Waals surface area contributed by atoms with Gasteiger partial charge in [-0.1, -0.05) is 11.3 Å². The molecule has 1 N–H and O–H groups in total. The highest BCUT2D eigenvalue weighted by Gasteiger charge is 2.31. The minimum Gasteiger partial charge on any atom is -0.453 e. The van der Waals surface area contributed by atoms with Crippen LogP contribution < -0.4 is 10.1 Å². The predicted octanol–water partition coefficient (Wildman–Crippen LogP) is 3.37. The van der Waals surface area contributed by atoms with Crippen LogP contribution in [0.5, 0.6) is 5.75 Å². The van der Waals surface area contributed by atoms with Gasteiger partial charge in [0.2, 0.25) is 0 Å². The number of carbonyl (C=O) groups excluding carboxylic acids is 1. The molecule has 1 aromatic heterocycles. The van der Waals surface area contributed by atoms with E-state index >= 15 is 0 Å². The minimum atomic E-state index is -4.75. The van der Waals surface area contributed by atoms with Crippen molar-refractivity contribution >= 4 is 32.8 Å². The summed E-state index contributed by atoms with van der Waals surface area (Å²) in [6.45, 7) is 0. The number of benzene rings is 1. The third-order valence-electron chi connectivity index (χ3n) is 1.99. The Morgan fingerprint density at radius 1 is 1.42 bits per heavy atom. The quantitative estimate of drug-likeness (QED) is 0.921. The van der Waals surface area contributed by atoms with Crippen molar-refractivity contribution in [3.63, 3.8) is 0 Å². The van der Waals surface area contributed by atoms with E-state index in [1.807, 2.05) is 0 Å². The van der Waals surface area contributed by atoms with E-state index in [9.17, 15) is 18.0 Å². The van der Waals surface area contributed by atoms with Crippen LogP contribution in [0.3, 0.4) is 0 Å². The third-order valence-corrected chi connectivity index (χ3v) is 2.94. The number of hydrogen-bond acceptors (Lipinski definition) is 5. The van der Waals surface area contributed by atoms with Crippen molar-refractivity contribution in [1.29, 1.82) is 0 Å². The van der Waals surface area contributed by atoms with E-state index in [0.29, 0.717) is 4.70 Å². The molecule has 5 nitrogen and oxygen atoms in total. The molecule has 0 radical (unpaired) electrons. The highest BCUT2D eigenvalue weighted by molar-refractivity contribution is 7.22. The standard InChI is InChI=1S/C10H7F3N2O3S/c1-17-9(16)15-8-14-6-4-5(18-10(11,12)13)2-3-7(6)19-8/h2-4H,1H3,(H,14,15,16). The van der Waals surface area contributed by atoms with Crippen molar-refractivity contribution in [1.82, 2.24) is 4.98 Å². The van der Waals surface area contributed by atoms with Crippen LogP contribution in [0.4, 0.5) is 23.1 Å². The summed E-state index contributed by atoms with van der Waals surface area (Å²) in [7, 11) is 1.19. The number of alkyl halides is 3. The van der Waals surface area contributed by atoms with Crippen molar-refractivity contribution in [3.05, 3.63) is 18.2 Å². The van der Waals surface area contributed by atoms with Crippen molar-refractivity contribution < 1.29 is 27.4 Å². The van der Waals surface area contributed by atoms with Gasteiger partial charge < -0.3 is 9.47 Å². The molecule has 0 bridgehead atoms. The molecule has 0 unspecified atom stereocenters. The number of rotatable bonds is 2. The first-order valence-electron chi connectivity index (χ1n) is 4.89. The number of hydrogen-bond donors (Lipinski definition) is 1.